The van der Waals surface area contributed by atoms with Gasteiger partial charge in [-0.3, -0.25) is 9.79 Å². The number of allylic oxidation sites excluding steroid dienone is 1. The van der Waals surface area contributed by atoms with E-state index in [1.54, 1.807) is 6.08 Å². The number of nitrogens with zero attached hydrogens (tertiary/aromatic N) is 1. The number of carbonyl (C=O) groups excluding carboxylic acids is 1. The minimum atomic E-state index is -1.10. The van der Waals surface area contributed by atoms with Gasteiger partial charge in [-0.1, -0.05) is 26.3 Å². The number of carboxylic acid groups (broad SMARTS) is 1. The summed E-state index contributed by atoms with van der Waals surface area (Å²) in [6.07, 6.45) is 5.52. The van der Waals surface area contributed by atoms with Gasteiger partial charge in [0.2, 0.25) is 5.91 Å². The molecule has 1 atom stereocenters. The molecule has 0 aromatic carbocycles. The molecule has 1 aliphatic carbocycles. The number of hydrogen-bond acceptors (Lipinski definition) is 3. The van der Waals surface area contributed by atoms with Crippen molar-refractivity contribution in [2.45, 2.75) is 46.0 Å². The predicted octanol–water partition coefficient (Wildman–Crippen LogP) is 0.951. The van der Waals surface area contributed by atoms with Crippen molar-refractivity contribution < 1.29 is 14.7 Å². The number of amides is 1. The average molecular weight is 310 g/mol. The van der Waals surface area contributed by atoms with Crippen LogP contribution in [-0.2, 0) is 9.59 Å². The Hall–Kier alpha value is -2.05. The first-order chi connectivity index (χ1) is 10.2. The molecule has 0 aromatic heterocycles. The molecule has 6 N–H and O–H groups in total. The van der Waals surface area contributed by atoms with Crippen LogP contribution in [0.3, 0.4) is 0 Å². The number of carbonyl (C=O) groups is 2. The van der Waals surface area contributed by atoms with Crippen molar-refractivity contribution >= 4 is 17.8 Å². The Kier molecular flexibility index (Phi) is 6.39. The molecule has 0 bridgehead atoms. The Bertz CT molecular complexity index is 479. The maximum atomic E-state index is 11.9. The number of guanidine groups is 1. The minimum absolute atomic E-state index is 0.0148. The maximum absolute atomic E-state index is 11.9. The number of rotatable bonds is 9. The second-order valence-electron chi connectivity index (χ2n) is 6.31. The number of unbranched alkanes of at least 4 members (excludes halogenated alkanes) is 3. The summed E-state index contributed by atoms with van der Waals surface area (Å²) in [7, 11) is 0. The summed E-state index contributed by atoms with van der Waals surface area (Å²) in [6.45, 7) is 4.57. The Balaban J connectivity index is 2.32. The highest BCUT2D eigenvalue weighted by molar-refractivity contribution is 5.94. The average Bonchev–Trinajstić information content (AvgIpc) is 3.04. The monoisotopic (exact) mass is 310 g/mol. The van der Waals surface area contributed by atoms with Gasteiger partial charge in [-0.05, 0) is 31.1 Å². The maximum Gasteiger partial charge on any atom is 0.352 e. The molecule has 1 rings (SSSR count). The summed E-state index contributed by atoms with van der Waals surface area (Å²) in [5, 5.41) is 11.6. The highest BCUT2D eigenvalue weighted by Gasteiger charge is 2.50. The normalized spacial score (nSPS) is 19.4. The van der Waals surface area contributed by atoms with E-state index in [9.17, 15) is 9.59 Å². The summed E-state index contributed by atoms with van der Waals surface area (Å²) in [5.74, 6) is -1.31. The molecular weight excluding hydrogens is 284 g/mol. The standard InChI is InChI=1S/C15H26N4O3/c1-15(2)9-10(15)12(20)19-11(13(21)22)7-5-3-4-6-8-18-14(16)17/h7,10H,3-6,8-9H2,1-2H3,(H,19,20)(H,21,22)(H4,16,17,18)/b11-7-. The fraction of sp³-hybridized carbons (Fsp3) is 0.667. The van der Waals surface area contributed by atoms with Crippen molar-refractivity contribution in [2.75, 3.05) is 6.54 Å². The van der Waals surface area contributed by atoms with Crippen molar-refractivity contribution in [1.82, 2.24) is 5.32 Å². The lowest BCUT2D eigenvalue weighted by molar-refractivity contribution is -0.135. The number of aliphatic imine (C=N–C) groups is 1. The molecule has 0 aliphatic heterocycles. The summed E-state index contributed by atoms with van der Waals surface area (Å²) >= 11 is 0. The van der Waals surface area contributed by atoms with Gasteiger partial charge in [0.15, 0.2) is 5.96 Å². The molecular formula is C15H26N4O3. The number of hydrogen-bond donors (Lipinski definition) is 4. The Morgan fingerprint density at radius 1 is 1.32 bits per heavy atom. The van der Waals surface area contributed by atoms with Gasteiger partial charge in [-0.25, -0.2) is 4.79 Å². The molecule has 124 valence electrons. The zero-order valence-electron chi connectivity index (χ0n) is 13.3. The van der Waals surface area contributed by atoms with Crippen LogP contribution in [0.2, 0.25) is 0 Å². The van der Waals surface area contributed by atoms with Gasteiger partial charge in [0, 0.05) is 12.5 Å². The topological polar surface area (TPSA) is 131 Å². The van der Waals surface area contributed by atoms with Gasteiger partial charge in [0.25, 0.3) is 0 Å². The SMILES string of the molecule is CC1(C)CC1C(=O)N/C(=C\CCCCCN=C(N)N)C(=O)O. The summed E-state index contributed by atoms with van der Waals surface area (Å²) in [5.41, 5.74) is 10.4. The zero-order valence-corrected chi connectivity index (χ0v) is 13.3. The van der Waals surface area contributed by atoms with Gasteiger partial charge in [-0.15, -0.1) is 0 Å². The quantitative estimate of drug-likeness (QED) is 0.218. The molecule has 1 unspecified atom stereocenters. The van der Waals surface area contributed by atoms with Gasteiger partial charge < -0.3 is 21.9 Å². The third-order valence-electron chi connectivity index (χ3n) is 3.82. The predicted molar refractivity (Wildman–Crippen MR) is 84.9 cm³/mol. The van der Waals surface area contributed by atoms with Crippen LogP contribution in [0, 0.1) is 11.3 Å². The molecule has 1 aliphatic rings. The van der Waals surface area contributed by atoms with E-state index in [1.807, 2.05) is 13.8 Å². The molecule has 1 amide bonds. The Morgan fingerprint density at radius 3 is 2.45 bits per heavy atom. The van der Waals surface area contributed by atoms with Gasteiger partial charge in [0.05, 0.1) is 0 Å². The smallest absolute Gasteiger partial charge is 0.352 e. The largest absolute Gasteiger partial charge is 0.477 e. The molecule has 1 fully saturated rings. The summed E-state index contributed by atoms with van der Waals surface area (Å²) < 4.78 is 0. The molecule has 0 aromatic rings. The van der Waals surface area contributed by atoms with E-state index < -0.39 is 5.97 Å². The molecule has 0 radical (unpaired) electrons. The van der Waals surface area contributed by atoms with E-state index in [0.29, 0.717) is 13.0 Å². The number of nitrogens with two attached hydrogens (primary N) is 2. The number of nitrogens with one attached hydrogen (secondary N) is 1. The van der Waals surface area contributed by atoms with Crippen LogP contribution in [0.25, 0.3) is 0 Å². The molecule has 7 heteroatoms. The van der Waals surface area contributed by atoms with Crippen LogP contribution in [0.4, 0.5) is 0 Å². The van der Waals surface area contributed by atoms with E-state index in [1.165, 1.54) is 0 Å². The van der Waals surface area contributed by atoms with Gasteiger partial charge in [-0.2, -0.15) is 0 Å². The van der Waals surface area contributed by atoms with Crippen LogP contribution in [0.1, 0.15) is 46.0 Å². The first kappa shape index (κ1) is 18.0. The van der Waals surface area contributed by atoms with Crippen LogP contribution in [-0.4, -0.2) is 29.5 Å². The summed E-state index contributed by atoms with van der Waals surface area (Å²) in [4.78, 5) is 26.9. The van der Waals surface area contributed by atoms with E-state index >= 15 is 0 Å². The van der Waals surface area contributed by atoms with E-state index in [-0.39, 0.29) is 28.9 Å². The van der Waals surface area contributed by atoms with Crippen molar-refractivity contribution in [2.24, 2.45) is 27.8 Å². The minimum Gasteiger partial charge on any atom is -0.477 e. The van der Waals surface area contributed by atoms with Crippen molar-refractivity contribution in [3.05, 3.63) is 11.8 Å². The number of carboxylic acids is 1. The second-order valence-corrected chi connectivity index (χ2v) is 6.31. The van der Waals surface area contributed by atoms with Crippen LogP contribution < -0.4 is 16.8 Å². The Morgan fingerprint density at radius 2 is 1.95 bits per heavy atom. The van der Waals surface area contributed by atoms with Crippen molar-refractivity contribution in [3.8, 4) is 0 Å². The van der Waals surface area contributed by atoms with Crippen molar-refractivity contribution in [1.29, 1.82) is 0 Å². The van der Waals surface area contributed by atoms with E-state index in [2.05, 4.69) is 10.3 Å². The second kappa shape index (κ2) is 7.82. The van der Waals surface area contributed by atoms with E-state index in [0.717, 1.165) is 25.7 Å². The zero-order chi connectivity index (χ0) is 16.8. The molecule has 1 saturated carbocycles. The highest BCUT2D eigenvalue weighted by atomic mass is 16.4. The lowest BCUT2D eigenvalue weighted by atomic mass is 10.1. The first-order valence-corrected chi connectivity index (χ1v) is 7.54. The number of aliphatic carboxylic acids is 1. The molecule has 0 heterocycles. The third-order valence-corrected chi connectivity index (χ3v) is 3.82. The van der Waals surface area contributed by atoms with Crippen LogP contribution in [0.5, 0.6) is 0 Å². The Labute approximate surface area is 130 Å². The third kappa shape index (κ3) is 6.15. The molecule has 0 saturated heterocycles. The molecule has 7 nitrogen and oxygen atoms in total. The highest BCUT2D eigenvalue weighted by Crippen LogP contribution is 2.51. The van der Waals surface area contributed by atoms with Gasteiger partial charge in [0.1, 0.15) is 5.70 Å². The first-order valence-electron chi connectivity index (χ1n) is 7.54. The lowest BCUT2D eigenvalue weighted by Gasteiger charge is -2.07. The van der Waals surface area contributed by atoms with Crippen molar-refractivity contribution in [3.63, 3.8) is 0 Å². The molecule has 22 heavy (non-hydrogen) atoms. The summed E-state index contributed by atoms with van der Waals surface area (Å²) in [6, 6.07) is 0. The lowest BCUT2D eigenvalue weighted by Crippen LogP contribution is -2.29. The van der Waals surface area contributed by atoms with Gasteiger partial charge >= 0.3 is 5.97 Å². The van der Waals surface area contributed by atoms with Crippen LogP contribution in [0.15, 0.2) is 16.8 Å². The van der Waals surface area contributed by atoms with E-state index in [4.69, 9.17) is 16.6 Å². The fourth-order valence-electron chi connectivity index (χ4n) is 2.21. The molecule has 0 spiro atoms. The fourth-order valence-corrected chi connectivity index (χ4v) is 2.21. The van der Waals surface area contributed by atoms with Crippen LogP contribution >= 0.6 is 0 Å².